The molecule has 0 radical (unpaired) electrons. The molecule has 0 unspecified atom stereocenters. The van der Waals surface area contributed by atoms with Crippen molar-refractivity contribution in [1.82, 2.24) is 109 Å². The largest absolute Gasteiger partial charge is 2.00 e. The average molecular weight is 2050 g/mol. The number of hydrogen-bond acceptors (Lipinski definition) is 14. The van der Waals surface area contributed by atoms with Crippen LogP contribution in [0.4, 0.5) is 0 Å². The van der Waals surface area contributed by atoms with E-state index >= 15 is 0 Å². The molecule has 101 heavy (non-hydrogen) atoms. The first kappa shape index (κ1) is 75.0. The van der Waals surface area contributed by atoms with Crippen LogP contribution < -0.4 is 19.9 Å². The van der Waals surface area contributed by atoms with Gasteiger partial charge in [-0.25, -0.2) is 39.3 Å². The molecule has 0 aliphatic rings. The Balaban J connectivity index is 0.000000155. The monoisotopic (exact) mass is 2050 g/mol. The maximum absolute atomic E-state index is 4.69. The quantitative estimate of drug-likeness (QED) is 0.0815. The van der Waals surface area contributed by atoms with E-state index in [0.717, 1.165) is 108 Å². The van der Waals surface area contributed by atoms with E-state index in [9.17, 15) is 0 Å². The van der Waals surface area contributed by atoms with Crippen molar-refractivity contribution in [2.24, 2.45) is 0 Å². The van der Waals surface area contributed by atoms with Crippen LogP contribution in [0.15, 0.2) is 226 Å². The van der Waals surface area contributed by atoms with Gasteiger partial charge in [0.25, 0.3) is 0 Å². The zero-order valence-electron chi connectivity index (χ0n) is 54.8. The number of nitrogens with zero attached hydrogens (tertiary/aromatic N) is 22. The second kappa shape index (κ2) is 36.2. The van der Waals surface area contributed by atoms with Crippen LogP contribution in [-0.2, 0) is 110 Å². The summed E-state index contributed by atoms with van der Waals surface area (Å²) in [7, 11) is 0. The summed E-state index contributed by atoms with van der Waals surface area (Å²) in [5.74, 6) is 5.20. The Morgan fingerprint density at radius 3 is 1.10 bits per heavy atom. The third-order valence-corrected chi connectivity index (χ3v) is 14.7. The molecule has 12 heterocycles. The van der Waals surface area contributed by atoms with E-state index in [0.29, 0.717) is 60.6 Å². The van der Waals surface area contributed by atoms with Crippen molar-refractivity contribution in [2.45, 2.75) is 60.3 Å². The van der Waals surface area contributed by atoms with Gasteiger partial charge in [0.05, 0.1) is 22.8 Å². The third kappa shape index (κ3) is 20.3. The van der Waals surface area contributed by atoms with Crippen molar-refractivity contribution in [1.29, 1.82) is 0 Å². The van der Waals surface area contributed by atoms with Gasteiger partial charge in [0.15, 0.2) is 23.3 Å². The zero-order valence-corrected chi connectivity index (χ0v) is 63.9. The van der Waals surface area contributed by atoms with Gasteiger partial charge >= 0.3 is 84.3 Å². The van der Waals surface area contributed by atoms with Crippen LogP contribution in [0.2, 0.25) is 0 Å². The van der Waals surface area contributed by atoms with Crippen molar-refractivity contribution >= 4 is 0 Å². The van der Waals surface area contributed by atoms with Gasteiger partial charge in [0.1, 0.15) is 0 Å². The molecular formula is C75H60N22Pt4. The molecule has 0 saturated carbocycles. The molecule has 0 fully saturated rings. The van der Waals surface area contributed by atoms with E-state index in [4.69, 9.17) is 9.97 Å². The normalized spacial score (nSPS) is 10.5. The summed E-state index contributed by atoms with van der Waals surface area (Å²) in [6.45, 7) is 9.92. The Morgan fingerprint density at radius 2 is 0.703 bits per heavy atom. The second-order valence-electron chi connectivity index (χ2n) is 22.3. The van der Waals surface area contributed by atoms with Crippen molar-refractivity contribution in [2.75, 3.05) is 0 Å². The van der Waals surface area contributed by atoms with Crippen molar-refractivity contribution in [3.8, 4) is 69.1 Å². The van der Waals surface area contributed by atoms with Crippen molar-refractivity contribution in [3.63, 3.8) is 0 Å². The number of rotatable bonds is 16. The average Bonchev–Trinajstić information content (AvgIpc) is 1.80. The van der Waals surface area contributed by atoms with E-state index in [1.807, 2.05) is 202 Å². The Morgan fingerprint density at radius 1 is 0.327 bits per heavy atom. The maximum atomic E-state index is 4.69. The van der Waals surface area contributed by atoms with Gasteiger partial charge in [-0.05, 0) is 144 Å². The van der Waals surface area contributed by atoms with Crippen molar-refractivity contribution < 1.29 is 84.3 Å². The number of hydrogen-bond donors (Lipinski definition) is 0. The molecule has 0 saturated heterocycles. The van der Waals surface area contributed by atoms with Gasteiger partial charge in [-0.3, -0.25) is 9.36 Å². The van der Waals surface area contributed by atoms with Crippen LogP contribution in [0.5, 0.6) is 0 Å². The topological polar surface area (TPSA) is 257 Å². The fraction of sp³-hybridized carbons (Fsp3) is 0.120. The number of imidazole rings is 4. The summed E-state index contributed by atoms with van der Waals surface area (Å²) in [6.07, 6.45) is 25.2. The first-order chi connectivity index (χ1) is 47.5. The smallest absolute Gasteiger partial charge is 0.490 e. The van der Waals surface area contributed by atoms with Crippen LogP contribution in [0.3, 0.4) is 0 Å². The fourth-order valence-corrected chi connectivity index (χ4v) is 10.3. The van der Waals surface area contributed by atoms with E-state index in [-0.39, 0.29) is 84.3 Å². The number of pyridine rings is 2. The molecule has 4 aromatic carbocycles. The third-order valence-electron chi connectivity index (χ3n) is 14.7. The Bertz CT molecular complexity index is 4800. The molecule has 16 rings (SSSR count). The number of benzene rings is 4. The number of aromatic nitrogens is 22. The molecule has 0 aliphatic carbocycles. The van der Waals surface area contributed by atoms with Crippen LogP contribution in [0, 0.1) is 58.9 Å². The summed E-state index contributed by atoms with van der Waals surface area (Å²) in [6, 6.07) is 61.3. The second-order valence-corrected chi connectivity index (χ2v) is 22.3. The minimum absolute atomic E-state index is 0. The number of aryl methyl sites for hydroxylation is 5. The minimum atomic E-state index is 0. The van der Waals surface area contributed by atoms with E-state index in [1.165, 1.54) is 0 Å². The molecule has 0 amide bonds. The van der Waals surface area contributed by atoms with Crippen LogP contribution in [0.25, 0.3) is 69.1 Å². The molecule has 510 valence electrons. The molecule has 0 atom stereocenters. The molecule has 22 nitrogen and oxygen atoms in total. The molecule has 0 spiro atoms. The Hall–Kier alpha value is -10.2. The summed E-state index contributed by atoms with van der Waals surface area (Å²) >= 11 is 0. The van der Waals surface area contributed by atoms with Crippen LogP contribution >= 0.6 is 0 Å². The first-order valence-electron chi connectivity index (χ1n) is 31.0. The molecule has 12 aromatic heterocycles. The molecule has 0 N–H and O–H groups in total. The molecule has 26 heteroatoms. The molecular weight excluding hydrogens is 1990 g/mol. The summed E-state index contributed by atoms with van der Waals surface area (Å²) in [4.78, 5) is 60.4. The maximum Gasteiger partial charge on any atom is 2.00 e. The predicted octanol–water partition coefficient (Wildman–Crippen LogP) is 11.0. The van der Waals surface area contributed by atoms with Gasteiger partial charge < -0.3 is 39.9 Å². The summed E-state index contributed by atoms with van der Waals surface area (Å²) in [5, 5.41) is 17.8. The van der Waals surface area contributed by atoms with Crippen molar-refractivity contribution in [3.05, 3.63) is 324 Å². The molecule has 0 bridgehead atoms. The van der Waals surface area contributed by atoms with Gasteiger partial charge in [-0.2, -0.15) is 79.0 Å². The first-order valence-corrected chi connectivity index (χ1v) is 31.0. The Kier molecular flexibility index (Phi) is 26.9. The minimum Gasteiger partial charge on any atom is -0.490 e. The van der Waals surface area contributed by atoms with Gasteiger partial charge in [0.2, 0.25) is 0 Å². The van der Waals surface area contributed by atoms with Gasteiger partial charge in [-0.15, -0.1) is 83.4 Å². The summed E-state index contributed by atoms with van der Waals surface area (Å²) in [5.41, 5.74) is 16.6. The SMILES string of the molecule is Cc1cc(C)n(-c2[c-]c(Cc3ccnc(-c4ncc[n-]4)n3)ccc2)n1.Cc1ccn(-c2[c-]c(Cc3ccnc(-c4ncc[n-]4)n3)ccc2)n1.Cc1ccn(-c2cccc(Cc3[c-]c(-c4ncc[n-]4)ccc3)n2)n1.Cc1ccn(-c2cccc(Cc3[c-]c(-c4ncc[n-]4)ccc3)n2)n1.[Pt+2].[Pt+2].[Pt+2].[Pt+2]. The van der Waals surface area contributed by atoms with Gasteiger partial charge in [-0.1, -0.05) is 61.7 Å². The van der Waals surface area contributed by atoms with E-state index < -0.39 is 0 Å². The molecule has 16 aromatic rings. The predicted molar refractivity (Wildman–Crippen MR) is 363 cm³/mol. The zero-order chi connectivity index (χ0) is 66.3. The van der Waals surface area contributed by atoms with Crippen LogP contribution in [0.1, 0.15) is 73.5 Å². The summed E-state index contributed by atoms with van der Waals surface area (Å²) < 4.78 is 7.30. The Labute approximate surface area is 641 Å². The standard InChI is InChI=1S/C19H16N6.2C19H15N5.C18H14N6.4Pt/c1-13-10-14(2)25(24-13)17-5-3-4-15(12-17)11-16-6-7-20-19(23-16)18-21-8-9-22-18;2*1-14-8-11-24(23-14)18-7-3-6-17(22-18)13-15-4-2-5-16(12-15)19-20-9-10-21-19;1-13-6-10-24(23-13)16-4-2-3-14(12-16)11-15-5-7-19-18(22-15)17-20-8-9-21-17;;;;/h3-10H,11H2,1-2H3;2*2-11H,13H2,1H3;2-10H,11H2,1H3;;;;/q4*-2;4*+2. The molecule has 0 aliphatic heterocycles. The van der Waals surface area contributed by atoms with E-state index in [2.05, 4.69) is 111 Å². The van der Waals surface area contributed by atoms with Gasteiger partial charge in [0, 0.05) is 59.5 Å². The van der Waals surface area contributed by atoms with Crippen LogP contribution in [-0.4, -0.2) is 89.0 Å². The van der Waals surface area contributed by atoms with E-state index in [1.54, 1.807) is 71.3 Å². The fourth-order valence-electron chi connectivity index (χ4n) is 10.3.